The van der Waals surface area contributed by atoms with E-state index in [2.05, 4.69) is 34.5 Å². The molecule has 1 N–H and O–H groups in total. The molecule has 0 aliphatic carbocycles. The van der Waals surface area contributed by atoms with Gasteiger partial charge in [0.25, 0.3) is 5.91 Å². The van der Waals surface area contributed by atoms with Crippen molar-refractivity contribution in [1.29, 1.82) is 0 Å². The fourth-order valence-electron chi connectivity index (χ4n) is 3.04. The Balaban J connectivity index is 1.61. The van der Waals surface area contributed by atoms with Gasteiger partial charge in [-0.3, -0.25) is 4.79 Å². The number of amides is 1. The first-order valence-corrected chi connectivity index (χ1v) is 8.44. The number of nitrogens with one attached hydrogen (secondary N) is 1. The second-order valence-corrected chi connectivity index (χ2v) is 6.15. The molecule has 0 radical (unpaired) electrons. The van der Waals surface area contributed by atoms with Crippen molar-refractivity contribution in [2.45, 2.75) is 32.5 Å². The molecular formula is C20H24N2O2. The van der Waals surface area contributed by atoms with E-state index in [1.165, 1.54) is 11.1 Å². The van der Waals surface area contributed by atoms with E-state index in [4.69, 9.17) is 4.74 Å². The SMILES string of the molecule is CCC(CNC(=O)c1ccc(N2Cc3ccccc3C2)cc1)OC. The van der Waals surface area contributed by atoms with Crippen molar-refractivity contribution in [3.8, 4) is 0 Å². The number of ether oxygens (including phenoxy) is 1. The average Bonchev–Trinajstić information content (AvgIpc) is 3.06. The van der Waals surface area contributed by atoms with Crippen LogP contribution in [-0.2, 0) is 17.8 Å². The van der Waals surface area contributed by atoms with E-state index in [-0.39, 0.29) is 12.0 Å². The van der Waals surface area contributed by atoms with Crippen LogP contribution >= 0.6 is 0 Å². The summed E-state index contributed by atoms with van der Waals surface area (Å²) in [4.78, 5) is 14.5. The molecule has 1 heterocycles. The first-order valence-electron chi connectivity index (χ1n) is 8.44. The predicted molar refractivity (Wildman–Crippen MR) is 96.2 cm³/mol. The molecule has 1 amide bonds. The van der Waals surface area contributed by atoms with Crippen LogP contribution in [0.2, 0.25) is 0 Å². The first-order chi connectivity index (χ1) is 11.7. The number of anilines is 1. The fraction of sp³-hybridized carbons (Fsp3) is 0.350. The molecule has 0 saturated carbocycles. The van der Waals surface area contributed by atoms with Crippen LogP contribution in [-0.4, -0.2) is 25.7 Å². The van der Waals surface area contributed by atoms with Crippen molar-refractivity contribution < 1.29 is 9.53 Å². The average molecular weight is 324 g/mol. The van der Waals surface area contributed by atoms with E-state index in [1.807, 2.05) is 31.2 Å². The molecule has 126 valence electrons. The van der Waals surface area contributed by atoms with Gasteiger partial charge in [0.1, 0.15) is 0 Å². The van der Waals surface area contributed by atoms with Crippen molar-refractivity contribution >= 4 is 11.6 Å². The van der Waals surface area contributed by atoms with Gasteiger partial charge in [-0.15, -0.1) is 0 Å². The van der Waals surface area contributed by atoms with Gasteiger partial charge in [0.05, 0.1) is 6.10 Å². The first kappa shape index (κ1) is 16.5. The lowest BCUT2D eigenvalue weighted by atomic mass is 10.1. The van der Waals surface area contributed by atoms with E-state index in [0.29, 0.717) is 12.1 Å². The van der Waals surface area contributed by atoms with Crippen molar-refractivity contribution in [3.05, 3.63) is 65.2 Å². The van der Waals surface area contributed by atoms with Gasteiger partial charge in [0.15, 0.2) is 0 Å². The van der Waals surface area contributed by atoms with Crippen LogP contribution in [0.4, 0.5) is 5.69 Å². The van der Waals surface area contributed by atoms with Crippen molar-refractivity contribution in [2.24, 2.45) is 0 Å². The third kappa shape index (κ3) is 3.60. The topological polar surface area (TPSA) is 41.6 Å². The molecule has 2 aromatic rings. The highest BCUT2D eigenvalue weighted by Gasteiger charge is 2.18. The van der Waals surface area contributed by atoms with Crippen LogP contribution in [0.15, 0.2) is 48.5 Å². The zero-order valence-corrected chi connectivity index (χ0v) is 14.3. The van der Waals surface area contributed by atoms with Crippen molar-refractivity contribution in [3.63, 3.8) is 0 Å². The Bertz CT molecular complexity index is 668. The maximum Gasteiger partial charge on any atom is 0.251 e. The van der Waals surface area contributed by atoms with Gasteiger partial charge in [0.2, 0.25) is 0 Å². The molecule has 3 rings (SSSR count). The van der Waals surface area contributed by atoms with Gasteiger partial charge in [-0.1, -0.05) is 31.2 Å². The summed E-state index contributed by atoms with van der Waals surface area (Å²) >= 11 is 0. The molecule has 24 heavy (non-hydrogen) atoms. The van der Waals surface area contributed by atoms with Crippen LogP contribution in [0.3, 0.4) is 0 Å². The molecule has 4 heteroatoms. The molecule has 1 aliphatic rings. The normalized spacial score (nSPS) is 14.3. The monoisotopic (exact) mass is 324 g/mol. The molecule has 2 aromatic carbocycles. The smallest absolute Gasteiger partial charge is 0.251 e. The maximum atomic E-state index is 12.2. The van der Waals surface area contributed by atoms with E-state index in [9.17, 15) is 4.79 Å². The van der Waals surface area contributed by atoms with Gasteiger partial charge in [-0.25, -0.2) is 0 Å². The summed E-state index contributed by atoms with van der Waals surface area (Å²) in [6.07, 6.45) is 0.946. The number of hydrogen-bond donors (Lipinski definition) is 1. The maximum absolute atomic E-state index is 12.2. The summed E-state index contributed by atoms with van der Waals surface area (Å²) < 4.78 is 5.28. The molecule has 0 aromatic heterocycles. The molecule has 4 nitrogen and oxygen atoms in total. The number of carbonyl (C=O) groups excluding carboxylic acids is 1. The number of fused-ring (bicyclic) bond motifs is 1. The minimum Gasteiger partial charge on any atom is -0.380 e. The molecule has 0 fully saturated rings. The Hall–Kier alpha value is -2.33. The molecule has 0 saturated heterocycles. The number of hydrogen-bond acceptors (Lipinski definition) is 3. The van der Waals surface area contributed by atoms with Crippen molar-refractivity contribution in [1.82, 2.24) is 5.32 Å². The molecule has 1 atom stereocenters. The Kier molecular flexibility index (Phi) is 5.16. The lowest BCUT2D eigenvalue weighted by Gasteiger charge is -2.18. The highest BCUT2D eigenvalue weighted by molar-refractivity contribution is 5.94. The molecule has 1 unspecified atom stereocenters. The lowest BCUT2D eigenvalue weighted by Crippen LogP contribution is -2.32. The summed E-state index contributed by atoms with van der Waals surface area (Å²) in [6, 6.07) is 16.3. The molecule has 1 aliphatic heterocycles. The Morgan fingerprint density at radius 3 is 2.29 bits per heavy atom. The second kappa shape index (κ2) is 7.49. The largest absolute Gasteiger partial charge is 0.380 e. The fourth-order valence-corrected chi connectivity index (χ4v) is 3.04. The van der Waals surface area contributed by atoms with Gasteiger partial charge in [-0.05, 0) is 41.8 Å². The van der Waals surface area contributed by atoms with Gasteiger partial charge in [0, 0.05) is 38.0 Å². The Morgan fingerprint density at radius 2 is 1.75 bits per heavy atom. The Morgan fingerprint density at radius 1 is 1.12 bits per heavy atom. The minimum absolute atomic E-state index is 0.0539. The van der Waals surface area contributed by atoms with Crippen LogP contribution in [0.25, 0.3) is 0 Å². The predicted octanol–water partition coefficient (Wildman–Crippen LogP) is 3.36. The summed E-state index contributed by atoms with van der Waals surface area (Å²) in [6.45, 7) is 4.43. The van der Waals surface area contributed by atoms with Gasteiger partial charge < -0.3 is 15.0 Å². The van der Waals surface area contributed by atoms with Crippen LogP contribution in [0.1, 0.15) is 34.8 Å². The second-order valence-electron chi connectivity index (χ2n) is 6.15. The summed E-state index contributed by atoms with van der Waals surface area (Å²) in [5, 5.41) is 2.93. The highest BCUT2D eigenvalue weighted by Crippen LogP contribution is 2.28. The van der Waals surface area contributed by atoms with Crippen LogP contribution in [0.5, 0.6) is 0 Å². The van der Waals surface area contributed by atoms with E-state index in [0.717, 1.165) is 25.2 Å². The number of benzene rings is 2. The Labute approximate surface area is 143 Å². The summed E-state index contributed by atoms with van der Waals surface area (Å²) in [5.41, 5.74) is 4.58. The number of methoxy groups -OCH3 is 1. The summed E-state index contributed by atoms with van der Waals surface area (Å²) in [7, 11) is 1.67. The van der Waals surface area contributed by atoms with Gasteiger partial charge in [-0.2, -0.15) is 0 Å². The molecule has 0 bridgehead atoms. The minimum atomic E-state index is -0.0539. The molecule has 0 spiro atoms. The van der Waals surface area contributed by atoms with Gasteiger partial charge >= 0.3 is 0 Å². The quantitative estimate of drug-likeness (QED) is 0.886. The van der Waals surface area contributed by atoms with Crippen molar-refractivity contribution in [2.75, 3.05) is 18.6 Å². The van der Waals surface area contributed by atoms with Crippen LogP contribution in [0, 0.1) is 0 Å². The third-order valence-corrected chi connectivity index (χ3v) is 4.61. The summed E-state index contributed by atoms with van der Waals surface area (Å²) in [5.74, 6) is -0.0539. The van der Waals surface area contributed by atoms with E-state index < -0.39 is 0 Å². The zero-order valence-electron chi connectivity index (χ0n) is 14.3. The lowest BCUT2D eigenvalue weighted by molar-refractivity contribution is 0.0815. The standard InChI is InChI=1S/C20H24N2O2/c1-3-19(24-2)12-21-20(23)15-8-10-18(11-9-15)22-13-16-6-4-5-7-17(16)14-22/h4-11,19H,3,12-14H2,1-2H3,(H,21,23). The van der Waals surface area contributed by atoms with Crippen LogP contribution < -0.4 is 10.2 Å². The van der Waals surface area contributed by atoms with E-state index >= 15 is 0 Å². The number of rotatable bonds is 6. The highest BCUT2D eigenvalue weighted by atomic mass is 16.5. The number of carbonyl (C=O) groups is 1. The third-order valence-electron chi connectivity index (χ3n) is 4.61. The molecular weight excluding hydrogens is 300 g/mol. The number of nitrogens with zero attached hydrogens (tertiary/aromatic N) is 1. The van der Waals surface area contributed by atoms with E-state index in [1.54, 1.807) is 7.11 Å². The zero-order chi connectivity index (χ0) is 16.9.